The summed E-state index contributed by atoms with van der Waals surface area (Å²) < 4.78 is 0. The number of nitrogens with two attached hydrogens (primary N) is 1. The average molecular weight is 203 g/mol. The van der Waals surface area contributed by atoms with E-state index in [1.807, 2.05) is 0 Å². The van der Waals surface area contributed by atoms with Crippen molar-refractivity contribution in [2.24, 2.45) is 5.73 Å². The average Bonchev–Trinajstić information content (AvgIpc) is 1.86. The molecule has 0 rings (SSSR count). The first-order valence-electron chi connectivity index (χ1n) is 2.82. The Morgan fingerprint density at radius 2 is 1.92 bits per heavy atom. The third kappa shape index (κ3) is 8.35. The Balaban J connectivity index is 0. The van der Waals surface area contributed by atoms with Gasteiger partial charge in [0.25, 0.3) is 0 Å². The molecule has 0 radical (unpaired) electrons. The molecule has 0 amide bonds. The normalized spacial score (nSPS) is 11.4. The number of hydrogen-bond acceptors (Lipinski definition) is 4. The van der Waals surface area contributed by atoms with Crippen LogP contribution in [0.25, 0.3) is 0 Å². The van der Waals surface area contributed by atoms with Crippen LogP contribution in [0, 0.1) is 0 Å². The summed E-state index contributed by atoms with van der Waals surface area (Å²) >= 11 is 0.992. The Kier molecular flexibility index (Phi) is 9.69. The number of carbonyl (C=O) groups is 2. The van der Waals surface area contributed by atoms with E-state index in [1.165, 1.54) is 0 Å². The first kappa shape index (κ1) is 14.8. The number of carboxylic acids is 2. The summed E-state index contributed by atoms with van der Waals surface area (Å²) in [4.78, 5) is 20.0. The van der Waals surface area contributed by atoms with Crippen molar-refractivity contribution in [3.8, 4) is 0 Å². The van der Waals surface area contributed by atoms with Gasteiger partial charge in [-0.1, -0.05) is 0 Å². The van der Waals surface area contributed by atoms with E-state index >= 15 is 0 Å². The fraction of sp³-hybridized carbons (Fsp3) is 0.600. The summed E-state index contributed by atoms with van der Waals surface area (Å²) in [7, 11) is 0. The van der Waals surface area contributed by atoms with Gasteiger partial charge in [-0.05, 0) is 0 Å². The molecule has 0 aliphatic carbocycles. The summed E-state index contributed by atoms with van der Waals surface area (Å²) in [5.41, 5.74) is 5.09. The van der Waals surface area contributed by atoms with Crippen molar-refractivity contribution < 1.29 is 19.8 Å². The Morgan fingerprint density at radius 3 is 2.25 bits per heavy atom. The van der Waals surface area contributed by atoms with Crippen LogP contribution in [0.15, 0.2) is 0 Å². The van der Waals surface area contributed by atoms with Crippen LogP contribution in [0.2, 0.25) is 0 Å². The second-order valence-electron chi connectivity index (χ2n) is 1.85. The van der Waals surface area contributed by atoms with Crippen LogP contribution in [0.5, 0.6) is 0 Å². The fourth-order valence-electron chi connectivity index (χ4n) is 0.344. The van der Waals surface area contributed by atoms with E-state index in [4.69, 9.17) is 15.9 Å². The van der Waals surface area contributed by atoms with E-state index in [2.05, 4.69) is 0 Å². The number of hydrogen-bond donors (Lipinski definition) is 3. The molecule has 0 bridgehead atoms. The van der Waals surface area contributed by atoms with Gasteiger partial charge in [-0.25, -0.2) is 0 Å². The second kappa shape index (κ2) is 7.88. The van der Waals surface area contributed by atoms with Crippen LogP contribution in [0.3, 0.4) is 0 Å². The molecule has 0 fully saturated rings. The molecule has 0 unspecified atom stereocenters. The quantitative estimate of drug-likeness (QED) is 0.473. The van der Waals surface area contributed by atoms with Gasteiger partial charge in [0.15, 0.2) is 0 Å². The Labute approximate surface area is 96.0 Å². The molecule has 0 saturated carbocycles. The molecule has 0 aromatic heterocycles. The van der Waals surface area contributed by atoms with Crippen molar-refractivity contribution in [2.45, 2.75) is 6.04 Å². The fourth-order valence-corrected chi connectivity index (χ4v) is 1.03. The topological polar surface area (TPSA) is 101 Å². The molecule has 66 valence electrons. The first-order valence-corrected chi connectivity index (χ1v) is 3.97. The zero-order valence-corrected chi connectivity index (χ0v) is 6.50. The van der Waals surface area contributed by atoms with Crippen LogP contribution in [-0.2, 0) is 9.59 Å². The molecule has 0 aliphatic heterocycles. The molecule has 12 heavy (non-hydrogen) atoms. The van der Waals surface area contributed by atoms with Gasteiger partial charge in [0, 0.05) is 5.75 Å². The van der Waals surface area contributed by atoms with Crippen LogP contribution in [0.4, 0.5) is 0 Å². The van der Waals surface area contributed by atoms with E-state index in [0.29, 0.717) is 0 Å². The SMILES string of the molecule is N[C@H](CSCC(=O)O)C(=O)O.[NaH]. The second-order valence-corrected chi connectivity index (χ2v) is 2.88. The van der Waals surface area contributed by atoms with Crippen molar-refractivity contribution in [1.29, 1.82) is 0 Å². The monoisotopic (exact) mass is 203 g/mol. The van der Waals surface area contributed by atoms with Crippen LogP contribution in [0.1, 0.15) is 0 Å². The zero-order valence-electron chi connectivity index (χ0n) is 5.69. The summed E-state index contributed by atoms with van der Waals surface area (Å²) in [6, 6.07) is -0.973. The van der Waals surface area contributed by atoms with Crippen LogP contribution in [-0.4, -0.2) is 69.3 Å². The molecule has 0 saturated heterocycles. The van der Waals surface area contributed by atoms with Gasteiger partial charge in [-0.2, -0.15) is 0 Å². The zero-order chi connectivity index (χ0) is 8.85. The Hall–Kier alpha value is 0.250. The minimum atomic E-state index is -1.11. The van der Waals surface area contributed by atoms with Gasteiger partial charge in [0.2, 0.25) is 0 Å². The molecule has 1 atom stereocenters. The van der Waals surface area contributed by atoms with Gasteiger partial charge in [-0.15, -0.1) is 11.8 Å². The maximum absolute atomic E-state index is 10.1. The van der Waals surface area contributed by atoms with E-state index < -0.39 is 18.0 Å². The predicted octanol–water partition coefficient (Wildman–Crippen LogP) is -1.43. The van der Waals surface area contributed by atoms with E-state index in [0.717, 1.165) is 11.8 Å². The summed E-state index contributed by atoms with van der Waals surface area (Å²) in [6.45, 7) is 0. The molecule has 0 heterocycles. The van der Waals surface area contributed by atoms with Crippen molar-refractivity contribution in [3.63, 3.8) is 0 Å². The molecule has 7 heteroatoms. The summed E-state index contributed by atoms with van der Waals surface area (Å²) in [6.07, 6.45) is 0. The van der Waals surface area contributed by atoms with Gasteiger partial charge in [0.1, 0.15) is 6.04 Å². The van der Waals surface area contributed by atoms with Gasteiger partial charge in [-0.3, -0.25) is 9.59 Å². The third-order valence-electron chi connectivity index (χ3n) is 0.840. The Morgan fingerprint density at radius 1 is 1.42 bits per heavy atom. The molecule has 0 aliphatic rings. The molecule has 0 aromatic rings. The van der Waals surface area contributed by atoms with Crippen molar-refractivity contribution in [1.82, 2.24) is 0 Å². The standard InChI is InChI=1S/C5H9NO4S.Na.H/c6-3(5(9)10)1-11-2-4(7)8;;/h3H,1-2,6H2,(H,7,8)(H,9,10);;/t3-;;/m1../s1. The van der Waals surface area contributed by atoms with E-state index in [9.17, 15) is 9.59 Å². The van der Waals surface area contributed by atoms with Crippen LogP contribution < -0.4 is 5.73 Å². The summed E-state index contributed by atoms with van der Waals surface area (Å²) in [5, 5.41) is 16.4. The molecule has 0 spiro atoms. The van der Waals surface area contributed by atoms with Crippen molar-refractivity contribution >= 4 is 53.3 Å². The number of thioether (sulfide) groups is 1. The number of carboxylic acid groups (broad SMARTS) is 2. The third-order valence-corrected chi connectivity index (χ3v) is 1.89. The number of aliphatic carboxylic acids is 2. The molecule has 0 aromatic carbocycles. The first-order chi connectivity index (χ1) is 5.04. The molecular weight excluding hydrogens is 193 g/mol. The summed E-state index contributed by atoms with van der Waals surface area (Å²) in [5.74, 6) is -2.06. The maximum atomic E-state index is 10.1. The molecule has 4 N–H and O–H groups in total. The van der Waals surface area contributed by atoms with Gasteiger partial charge < -0.3 is 15.9 Å². The van der Waals surface area contributed by atoms with E-state index in [-0.39, 0.29) is 41.1 Å². The van der Waals surface area contributed by atoms with Gasteiger partial charge in [0.05, 0.1) is 5.75 Å². The molecular formula is C5H10NNaO4S. The number of rotatable bonds is 5. The van der Waals surface area contributed by atoms with Crippen molar-refractivity contribution in [3.05, 3.63) is 0 Å². The minimum absolute atomic E-state index is 0. The molecule has 5 nitrogen and oxygen atoms in total. The predicted molar refractivity (Wildman–Crippen MR) is 47.7 cm³/mol. The van der Waals surface area contributed by atoms with Crippen molar-refractivity contribution in [2.75, 3.05) is 11.5 Å². The van der Waals surface area contributed by atoms with Gasteiger partial charge >= 0.3 is 41.5 Å². The van der Waals surface area contributed by atoms with E-state index in [1.54, 1.807) is 0 Å². The Bertz CT molecular complexity index is 166. The van der Waals surface area contributed by atoms with Crippen LogP contribution >= 0.6 is 11.8 Å².